The molecule has 11 heteroatoms. The maximum Gasteiger partial charge on any atom is 0.164 e. The van der Waals surface area contributed by atoms with Crippen LogP contribution in [0.5, 0.6) is 0 Å². The molecular formula is C99H65N11. The van der Waals surface area contributed by atoms with Crippen molar-refractivity contribution in [2.45, 2.75) is 13.8 Å². The number of aryl methyl sites for hydroxylation is 2. The van der Waals surface area contributed by atoms with Crippen molar-refractivity contribution in [3.63, 3.8) is 0 Å². The first-order valence-electron chi connectivity index (χ1n) is 36.7. The molecule has 0 bridgehead atoms. The van der Waals surface area contributed by atoms with E-state index in [-0.39, 0.29) is 0 Å². The average molecular weight is 1410 g/mol. The van der Waals surface area contributed by atoms with Crippen LogP contribution in [0, 0.1) is 13.8 Å². The first kappa shape index (κ1) is 65.9. The zero-order valence-corrected chi connectivity index (χ0v) is 60.0. The van der Waals surface area contributed by atoms with Crippen molar-refractivity contribution < 1.29 is 0 Å². The number of hydrogen-bond acceptors (Lipinski definition) is 11. The average Bonchev–Trinajstić information content (AvgIpc) is 0.759. The van der Waals surface area contributed by atoms with Crippen molar-refractivity contribution in [3.8, 4) is 135 Å². The summed E-state index contributed by atoms with van der Waals surface area (Å²) in [7, 11) is 0. The molecule has 0 saturated heterocycles. The Kier molecular flexibility index (Phi) is 17.1. The predicted molar refractivity (Wildman–Crippen MR) is 448 cm³/mol. The van der Waals surface area contributed by atoms with Gasteiger partial charge in [0.1, 0.15) is 0 Å². The van der Waals surface area contributed by atoms with Gasteiger partial charge in [-0.15, -0.1) is 0 Å². The van der Waals surface area contributed by atoms with E-state index in [1.807, 2.05) is 123 Å². The van der Waals surface area contributed by atoms with Gasteiger partial charge in [-0.1, -0.05) is 279 Å². The fraction of sp³-hybridized carbons (Fsp3) is 0.0202. The fourth-order valence-electron chi connectivity index (χ4n) is 14.8. The van der Waals surface area contributed by atoms with E-state index in [1.165, 1.54) is 0 Å². The van der Waals surface area contributed by atoms with Crippen molar-refractivity contribution in [2.24, 2.45) is 0 Å². The first-order chi connectivity index (χ1) is 54.3. The molecule has 0 aliphatic carbocycles. The fourth-order valence-corrected chi connectivity index (χ4v) is 14.8. The second-order valence-corrected chi connectivity index (χ2v) is 27.4. The van der Waals surface area contributed by atoms with Crippen LogP contribution in [-0.4, -0.2) is 54.8 Å². The number of pyridine rings is 6. The maximum atomic E-state index is 5.24. The Labute approximate surface area is 634 Å². The predicted octanol–water partition coefficient (Wildman–Crippen LogP) is 24.3. The lowest BCUT2D eigenvalue weighted by Gasteiger charge is -2.13. The van der Waals surface area contributed by atoms with Crippen molar-refractivity contribution >= 4 is 65.4 Å². The topological polar surface area (TPSA) is 142 Å². The third-order valence-corrected chi connectivity index (χ3v) is 20.2. The molecule has 20 aromatic rings. The van der Waals surface area contributed by atoms with Crippen molar-refractivity contribution in [3.05, 3.63) is 370 Å². The normalized spacial score (nSPS) is 11.4. The minimum absolute atomic E-state index is 0.595. The van der Waals surface area contributed by atoms with E-state index in [1.54, 1.807) is 0 Å². The molecule has 0 aliphatic rings. The van der Waals surface area contributed by atoms with Gasteiger partial charge in [-0.2, -0.15) is 0 Å². The van der Waals surface area contributed by atoms with Crippen LogP contribution in [0.3, 0.4) is 0 Å². The van der Waals surface area contributed by atoms with Crippen LogP contribution >= 0.6 is 0 Å². The highest BCUT2D eigenvalue weighted by atomic mass is 15.0. The number of hydrogen-bond donors (Lipinski definition) is 0. The van der Waals surface area contributed by atoms with Crippen LogP contribution < -0.4 is 0 Å². The van der Waals surface area contributed by atoms with Gasteiger partial charge in [0.05, 0.1) is 55.9 Å². The van der Waals surface area contributed by atoms with E-state index < -0.39 is 0 Å². The molecule has 0 atom stereocenters. The number of nitrogens with zero attached hydrogens (tertiary/aromatic N) is 11. The molecule has 11 nitrogen and oxygen atoms in total. The van der Waals surface area contributed by atoms with Crippen LogP contribution in [0.1, 0.15) is 11.4 Å². The summed E-state index contributed by atoms with van der Waals surface area (Å²) in [5, 5.41) is 6.40. The summed E-state index contributed by atoms with van der Waals surface area (Å²) in [6.07, 6.45) is 3.69. The second-order valence-electron chi connectivity index (χ2n) is 27.4. The van der Waals surface area contributed by atoms with Crippen molar-refractivity contribution in [1.82, 2.24) is 54.8 Å². The standard InChI is InChI=1S/C50H33N5.C49H32N6/c1-32-28-43(42-25-23-36-24-26-44(33-12-4-2-5-13-33)53-48(36)49(42)52-32)38-18-9-20-40(30-38)50-54-45(34-14-6-3-7-15-34)31-46(55-50)39-19-8-17-37(29-39)41-22-10-16-35-21-11-27-51-47(35)41;1-31-28-42(41-25-23-34-24-26-43(32-12-4-2-5-13-32)52-45(34)46(41)51-31)37-18-9-20-39(30-37)49-54-47(35-14-6-3-7-15-35)53-48(55-49)38-19-8-17-36(29-38)40-22-10-16-33-21-11-27-50-44(33)40/h2-31H,1H3;2-30H,1H3. The molecular weight excluding hydrogens is 1340 g/mol. The maximum absolute atomic E-state index is 5.24. The van der Waals surface area contributed by atoms with E-state index in [0.29, 0.717) is 23.3 Å². The largest absolute Gasteiger partial charge is 0.256 e. The zero-order valence-electron chi connectivity index (χ0n) is 60.0. The molecule has 0 aliphatic heterocycles. The van der Waals surface area contributed by atoms with Crippen LogP contribution in [0.25, 0.3) is 201 Å². The van der Waals surface area contributed by atoms with Gasteiger partial charge in [-0.25, -0.2) is 34.9 Å². The van der Waals surface area contributed by atoms with Crippen LogP contribution in [-0.2, 0) is 0 Å². The van der Waals surface area contributed by atoms with Gasteiger partial charge in [0.2, 0.25) is 0 Å². The Morgan fingerprint density at radius 3 is 0.936 bits per heavy atom. The molecule has 0 amide bonds. The van der Waals surface area contributed by atoms with E-state index in [9.17, 15) is 0 Å². The lowest BCUT2D eigenvalue weighted by Crippen LogP contribution is -2.00. The minimum Gasteiger partial charge on any atom is -0.256 e. The van der Waals surface area contributed by atoms with Gasteiger partial charge >= 0.3 is 0 Å². The summed E-state index contributed by atoms with van der Waals surface area (Å²) in [5.41, 5.74) is 27.3. The smallest absolute Gasteiger partial charge is 0.164 e. The number of aromatic nitrogens is 11. The summed E-state index contributed by atoms with van der Waals surface area (Å²) in [5.74, 6) is 2.46. The van der Waals surface area contributed by atoms with Crippen LogP contribution in [0.15, 0.2) is 358 Å². The zero-order chi connectivity index (χ0) is 73.4. The Morgan fingerprint density at radius 1 is 0.173 bits per heavy atom. The highest BCUT2D eigenvalue weighted by Crippen LogP contribution is 2.40. The number of benzene rings is 12. The molecule has 0 unspecified atom stereocenters. The molecule has 0 saturated carbocycles. The summed E-state index contributed by atoms with van der Waals surface area (Å²) < 4.78 is 0. The molecule has 8 heterocycles. The van der Waals surface area contributed by atoms with Gasteiger partial charge in [-0.3, -0.25) is 19.9 Å². The van der Waals surface area contributed by atoms with E-state index in [0.717, 1.165) is 189 Å². The Morgan fingerprint density at radius 2 is 0.491 bits per heavy atom. The van der Waals surface area contributed by atoms with Gasteiger partial charge < -0.3 is 0 Å². The summed E-state index contributed by atoms with van der Waals surface area (Å²) in [6.45, 7) is 4.09. The highest BCUT2D eigenvalue weighted by Gasteiger charge is 2.20. The van der Waals surface area contributed by atoms with Crippen LogP contribution in [0.2, 0.25) is 0 Å². The quantitative estimate of drug-likeness (QED) is 0.108. The molecule has 12 aromatic carbocycles. The van der Waals surface area contributed by atoms with Crippen LogP contribution in [0.4, 0.5) is 0 Å². The van der Waals surface area contributed by atoms with Gasteiger partial charge in [-0.05, 0) is 114 Å². The van der Waals surface area contributed by atoms with Gasteiger partial charge in [0.25, 0.3) is 0 Å². The third-order valence-electron chi connectivity index (χ3n) is 20.2. The number of rotatable bonds is 12. The Hall–Kier alpha value is -14.8. The monoisotopic (exact) mass is 1410 g/mol. The van der Waals surface area contributed by atoms with Gasteiger partial charge in [0, 0.05) is 112 Å². The molecule has 0 fully saturated rings. The summed E-state index contributed by atoms with van der Waals surface area (Å²) >= 11 is 0. The van der Waals surface area contributed by atoms with E-state index >= 15 is 0 Å². The second kappa shape index (κ2) is 28.6. The molecule has 8 aromatic heterocycles. The minimum atomic E-state index is 0.595. The lowest BCUT2D eigenvalue weighted by molar-refractivity contribution is 1.07. The first-order valence-corrected chi connectivity index (χ1v) is 36.7. The Bertz CT molecular complexity index is 6510. The highest BCUT2D eigenvalue weighted by molar-refractivity contribution is 6.10. The summed E-state index contributed by atoms with van der Waals surface area (Å²) in [6, 6.07) is 119. The third kappa shape index (κ3) is 13.0. The van der Waals surface area contributed by atoms with Crippen molar-refractivity contribution in [2.75, 3.05) is 0 Å². The molecule has 20 rings (SSSR count). The molecule has 110 heavy (non-hydrogen) atoms. The molecule has 0 radical (unpaired) electrons. The Balaban J connectivity index is 0.000000149. The summed E-state index contributed by atoms with van der Waals surface area (Å²) in [4.78, 5) is 55.4. The number of para-hydroxylation sites is 2. The van der Waals surface area contributed by atoms with E-state index in [4.69, 9.17) is 54.8 Å². The van der Waals surface area contributed by atoms with Crippen molar-refractivity contribution in [1.29, 1.82) is 0 Å². The SMILES string of the molecule is Cc1cc(-c2cccc(-c3nc(-c4ccccc4)cc(-c4cccc(-c5cccc6cccnc56)c4)n3)c2)c2ccc3ccc(-c4ccccc4)nc3c2n1.Cc1cc(-c2cccc(-c3nc(-c4ccccc4)nc(-c4cccc(-c5cccc6cccnc56)c4)n3)c2)c2ccc3ccc(-c4ccccc4)nc3c2n1. The molecule has 516 valence electrons. The van der Waals surface area contributed by atoms with E-state index in [2.05, 4.69) is 249 Å². The molecule has 0 N–H and O–H groups in total. The van der Waals surface area contributed by atoms with Gasteiger partial charge in [0.15, 0.2) is 23.3 Å². The molecule has 0 spiro atoms. The number of fused-ring (bicyclic) bond motifs is 8. The lowest BCUT2D eigenvalue weighted by atomic mass is 9.96.